The van der Waals surface area contributed by atoms with Gasteiger partial charge in [-0.05, 0) is 55.5 Å². The van der Waals surface area contributed by atoms with Crippen LogP contribution < -0.4 is 10.6 Å². The zero-order chi connectivity index (χ0) is 18.0. The van der Waals surface area contributed by atoms with Gasteiger partial charge in [-0.1, -0.05) is 0 Å². The minimum Gasteiger partial charge on any atom is -0.381 e. The Morgan fingerprint density at radius 2 is 1.92 bits per heavy atom. The van der Waals surface area contributed by atoms with Gasteiger partial charge < -0.3 is 15.4 Å². The second-order valence-corrected chi connectivity index (χ2v) is 8.45. The maximum atomic E-state index is 12.9. The first-order chi connectivity index (χ1) is 12.2. The largest absolute Gasteiger partial charge is 0.381 e. The SMILES string of the molecule is CN=C(NCCCSc1ccc(F)cc1)NCC1(SC)CCOCC1.I. The lowest BCUT2D eigenvalue weighted by Gasteiger charge is -2.36. The van der Waals surface area contributed by atoms with Gasteiger partial charge in [-0.2, -0.15) is 11.8 Å². The Bertz CT molecular complexity index is 540. The second kappa shape index (κ2) is 13.1. The van der Waals surface area contributed by atoms with Crippen molar-refractivity contribution in [2.24, 2.45) is 4.99 Å². The molecule has 4 nitrogen and oxygen atoms in total. The Morgan fingerprint density at radius 1 is 1.23 bits per heavy atom. The third kappa shape index (κ3) is 8.22. The van der Waals surface area contributed by atoms with Gasteiger partial charge in [0, 0.05) is 43.0 Å². The molecule has 0 spiro atoms. The van der Waals surface area contributed by atoms with E-state index in [-0.39, 0.29) is 34.5 Å². The first-order valence-corrected chi connectivity index (χ1v) is 10.8. The van der Waals surface area contributed by atoms with E-state index in [1.54, 1.807) is 18.8 Å². The number of ether oxygens (including phenoxy) is 1. The van der Waals surface area contributed by atoms with Crippen molar-refractivity contribution in [2.75, 3.05) is 45.4 Å². The van der Waals surface area contributed by atoms with E-state index in [4.69, 9.17) is 4.74 Å². The van der Waals surface area contributed by atoms with Crippen LogP contribution in [0.2, 0.25) is 0 Å². The summed E-state index contributed by atoms with van der Waals surface area (Å²) < 4.78 is 18.6. The minimum absolute atomic E-state index is 0. The molecule has 8 heteroatoms. The summed E-state index contributed by atoms with van der Waals surface area (Å²) in [5.74, 6) is 1.65. The van der Waals surface area contributed by atoms with Crippen molar-refractivity contribution < 1.29 is 9.13 Å². The number of rotatable bonds is 8. The van der Waals surface area contributed by atoms with Crippen molar-refractivity contribution in [3.63, 3.8) is 0 Å². The zero-order valence-corrected chi connectivity index (χ0v) is 19.4. The zero-order valence-electron chi connectivity index (χ0n) is 15.4. The molecule has 0 unspecified atom stereocenters. The number of hydrogen-bond donors (Lipinski definition) is 2. The molecular weight excluding hydrogens is 484 g/mol. The normalized spacial score (nSPS) is 16.7. The van der Waals surface area contributed by atoms with Crippen LogP contribution in [0.15, 0.2) is 34.2 Å². The number of nitrogens with one attached hydrogen (secondary N) is 2. The molecule has 148 valence electrons. The third-order valence-electron chi connectivity index (χ3n) is 4.33. The highest BCUT2D eigenvalue weighted by molar-refractivity contribution is 14.0. The van der Waals surface area contributed by atoms with Crippen molar-refractivity contribution in [3.8, 4) is 0 Å². The standard InChI is InChI=1S/C18H28FN3OS2.HI/c1-20-17(22-14-18(24-2)8-11-23-12-9-18)21-10-3-13-25-16-6-4-15(19)5-7-16;/h4-7H,3,8-14H2,1-2H3,(H2,20,21,22);1H. The maximum absolute atomic E-state index is 12.9. The summed E-state index contributed by atoms with van der Waals surface area (Å²) in [6.45, 7) is 3.45. The Kier molecular flexibility index (Phi) is 12.0. The number of benzene rings is 1. The Labute approximate surface area is 181 Å². The van der Waals surface area contributed by atoms with Gasteiger partial charge in [0.25, 0.3) is 0 Å². The topological polar surface area (TPSA) is 45.7 Å². The Hall–Kier alpha value is -0.190. The minimum atomic E-state index is -0.187. The van der Waals surface area contributed by atoms with E-state index in [0.29, 0.717) is 0 Å². The number of thioether (sulfide) groups is 2. The third-order valence-corrected chi connectivity index (χ3v) is 6.85. The molecule has 1 heterocycles. The number of hydrogen-bond acceptors (Lipinski definition) is 4. The molecule has 26 heavy (non-hydrogen) atoms. The van der Waals surface area contributed by atoms with Crippen LogP contribution in [0.25, 0.3) is 0 Å². The van der Waals surface area contributed by atoms with Crippen LogP contribution in [0.3, 0.4) is 0 Å². The predicted molar refractivity (Wildman–Crippen MR) is 123 cm³/mol. The van der Waals surface area contributed by atoms with Crippen LogP contribution in [0.1, 0.15) is 19.3 Å². The lowest BCUT2D eigenvalue weighted by atomic mass is 9.99. The first kappa shape index (κ1) is 23.8. The summed E-state index contributed by atoms with van der Waals surface area (Å²) in [4.78, 5) is 5.41. The molecule has 0 radical (unpaired) electrons. The van der Waals surface area contributed by atoms with E-state index >= 15 is 0 Å². The lowest BCUT2D eigenvalue weighted by Crippen LogP contribution is -2.48. The lowest BCUT2D eigenvalue weighted by molar-refractivity contribution is 0.0783. The quantitative estimate of drug-likeness (QED) is 0.181. The van der Waals surface area contributed by atoms with Gasteiger partial charge in [-0.3, -0.25) is 4.99 Å². The highest BCUT2D eigenvalue weighted by Gasteiger charge is 2.31. The molecule has 2 N–H and O–H groups in total. The molecule has 0 aliphatic carbocycles. The molecule has 2 rings (SSSR count). The van der Waals surface area contributed by atoms with E-state index < -0.39 is 0 Å². The molecule has 1 aliphatic rings. The fourth-order valence-electron chi connectivity index (χ4n) is 2.66. The summed E-state index contributed by atoms with van der Waals surface area (Å²) in [5, 5.41) is 6.83. The molecule has 0 amide bonds. The van der Waals surface area contributed by atoms with Gasteiger partial charge in [0.15, 0.2) is 5.96 Å². The van der Waals surface area contributed by atoms with E-state index in [1.807, 2.05) is 23.9 Å². The van der Waals surface area contributed by atoms with Crippen molar-refractivity contribution in [1.82, 2.24) is 10.6 Å². The van der Waals surface area contributed by atoms with Crippen LogP contribution in [-0.2, 0) is 4.74 Å². The summed E-state index contributed by atoms with van der Waals surface area (Å²) in [6, 6.07) is 6.65. The van der Waals surface area contributed by atoms with Gasteiger partial charge in [-0.25, -0.2) is 4.39 Å². The van der Waals surface area contributed by atoms with E-state index in [0.717, 1.165) is 62.2 Å². The average Bonchev–Trinajstić information content (AvgIpc) is 2.66. The van der Waals surface area contributed by atoms with Crippen molar-refractivity contribution in [3.05, 3.63) is 30.1 Å². The monoisotopic (exact) mass is 513 g/mol. The summed E-state index contributed by atoms with van der Waals surface area (Å²) in [5.41, 5.74) is 0. The first-order valence-electron chi connectivity index (χ1n) is 8.63. The molecule has 0 bridgehead atoms. The van der Waals surface area contributed by atoms with Gasteiger partial charge in [-0.15, -0.1) is 35.7 Å². The molecule has 1 fully saturated rings. The molecule has 0 aromatic heterocycles. The molecule has 1 aromatic carbocycles. The van der Waals surface area contributed by atoms with Crippen molar-refractivity contribution in [2.45, 2.75) is 28.9 Å². The molecule has 0 atom stereocenters. The number of halogens is 2. The van der Waals surface area contributed by atoms with Gasteiger partial charge in [0.2, 0.25) is 0 Å². The van der Waals surface area contributed by atoms with Crippen LogP contribution in [0, 0.1) is 5.82 Å². The van der Waals surface area contributed by atoms with Crippen molar-refractivity contribution in [1.29, 1.82) is 0 Å². The molecule has 1 saturated heterocycles. The molecule has 0 saturated carbocycles. The summed E-state index contributed by atoms with van der Waals surface area (Å²) in [6.07, 6.45) is 5.35. The Morgan fingerprint density at radius 3 is 2.54 bits per heavy atom. The van der Waals surface area contributed by atoms with Gasteiger partial charge >= 0.3 is 0 Å². The smallest absolute Gasteiger partial charge is 0.191 e. The molecule has 1 aromatic rings. The summed E-state index contributed by atoms with van der Waals surface area (Å²) in [7, 11) is 1.80. The van der Waals surface area contributed by atoms with Crippen LogP contribution in [-0.4, -0.2) is 56.1 Å². The van der Waals surface area contributed by atoms with Crippen LogP contribution in [0.4, 0.5) is 4.39 Å². The molecule has 1 aliphatic heterocycles. The van der Waals surface area contributed by atoms with E-state index in [9.17, 15) is 4.39 Å². The maximum Gasteiger partial charge on any atom is 0.191 e. The fraction of sp³-hybridized carbons (Fsp3) is 0.611. The highest BCUT2D eigenvalue weighted by Crippen LogP contribution is 2.32. The fourth-order valence-corrected chi connectivity index (χ4v) is 4.31. The highest BCUT2D eigenvalue weighted by atomic mass is 127. The van der Waals surface area contributed by atoms with Crippen LogP contribution in [0.5, 0.6) is 0 Å². The van der Waals surface area contributed by atoms with Crippen LogP contribution >= 0.6 is 47.5 Å². The second-order valence-electron chi connectivity index (χ2n) is 6.01. The van der Waals surface area contributed by atoms with Gasteiger partial charge in [0.1, 0.15) is 5.82 Å². The Balaban J connectivity index is 0.00000338. The number of aliphatic imine (C=N–C) groups is 1. The predicted octanol–water partition coefficient (Wildman–Crippen LogP) is 4.00. The average molecular weight is 513 g/mol. The number of nitrogens with zero attached hydrogens (tertiary/aromatic N) is 1. The molecular formula is C18H29FIN3OS2. The van der Waals surface area contributed by atoms with E-state index in [1.165, 1.54) is 12.1 Å². The summed E-state index contributed by atoms with van der Waals surface area (Å²) >= 11 is 3.66. The van der Waals surface area contributed by atoms with Gasteiger partial charge in [0.05, 0.1) is 0 Å². The van der Waals surface area contributed by atoms with Crippen molar-refractivity contribution >= 4 is 53.5 Å². The van der Waals surface area contributed by atoms with E-state index in [2.05, 4.69) is 21.9 Å². The number of guanidine groups is 1.